The van der Waals surface area contributed by atoms with Crippen molar-refractivity contribution in [1.29, 1.82) is 0 Å². The maximum absolute atomic E-state index is 13.4. The zero-order chi connectivity index (χ0) is 26.8. The van der Waals surface area contributed by atoms with Crippen LogP contribution in [0.2, 0.25) is 0 Å². The van der Waals surface area contributed by atoms with Crippen LogP contribution in [0, 0.1) is 0 Å². The van der Waals surface area contributed by atoms with Crippen LogP contribution >= 0.6 is 0 Å². The van der Waals surface area contributed by atoms with Crippen LogP contribution in [0.15, 0.2) is 44.7 Å². The van der Waals surface area contributed by atoms with E-state index in [0.29, 0.717) is 36.0 Å². The van der Waals surface area contributed by atoms with Gasteiger partial charge in [0.15, 0.2) is 11.5 Å². The zero-order valence-electron chi connectivity index (χ0n) is 21.9. The van der Waals surface area contributed by atoms with Crippen molar-refractivity contribution in [3.63, 3.8) is 0 Å². The molecule has 0 unspecified atom stereocenters. The minimum Gasteiger partial charge on any atom is -0.493 e. The van der Waals surface area contributed by atoms with Crippen LogP contribution < -0.4 is 20.4 Å². The van der Waals surface area contributed by atoms with Gasteiger partial charge < -0.3 is 28.9 Å². The molecular weight excluding hydrogens is 478 g/mol. The second-order valence-electron chi connectivity index (χ2n) is 8.70. The van der Waals surface area contributed by atoms with Crippen molar-refractivity contribution in [2.45, 2.75) is 58.5 Å². The number of carbonyl (C=O) groups is 2. The first-order valence-corrected chi connectivity index (χ1v) is 12.5. The number of nitrogens with one attached hydrogen (secondary N) is 1. The summed E-state index contributed by atoms with van der Waals surface area (Å²) in [6.45, 7) is 4.53. The largest absolute Gasteiger partial charge is 0.493 e. The Labute approximate surface area is 216 Å². The molecule has 2 amide bonds. The normalized spacial score (nSPS) is 16.1. The van der Waals surface area contributed by atoms with Gasteiger partial charge in [-0.05, 0) is 43.2 Å². The van der Waals surface area contributed by atoms with E-state index in [0.717, 1.165) is 24.8 Å². The summed E-state index contributed by atoms with van der Waals surface area (Å²) in [4.78, 5) is 45.7. The Kier molecular flexibility index (Phi) is 10.1. The minimum absolute atomic E-state index is 0.0744. The van der Waals surface area contributed by atoms with Crippen molar-refractivity contribution in [3.8, 4) is 11.5 Å². The molecule has 37 heavy (non-hydrogen) atoms. The molecule has 10 nitrogen and oxygen atoms in total. The number of rotatable bonds is 12. The van der Waals surface area contributed by atoms with E-state index in [9.17, 15) is 14.4 Å². The van der Waals surface area contributed by atoms with Crippen molar-refractivity contribution in [1.82, 2.24) is 10.2 Å². The van der Waals surface area contributed by atoms with E-state index in [-0.39, 0.29) is 31.0 Å². The second-order valence-corrected chi connectivity index (χ2v) is 8.70. The number of aryl methyl sites for hydroxylation is 1. The topological polar surface area (TPSA) is 120 Å². The molecule has 1 N–H and O–H groups in total. The third-order valence-corrected chi connectivity index (χ3v) is 6.10. The van der Waals surface area contributed by atoms with E-state index < -0.39 is 17.6 Å². The number of nitrogens with zero attached hydrogens (tertiary/aromatic N) is 2. The first-order chi connectivity index (χ1) is 17.9. The van der Waals surface area contributed by atoms with Gasteiger partial charge in [-0.2, -0.15) is 0 Å². The number of hydrogen-bond donors (Lipinski definition) is 1. The molecule has 0 saturated carbocycles. The van der Waals surface area contributed by atoms with Crippen molar-refractivity contribution in [2.75, 3.05) is 27.4 Å². The Bertz CT molecular complexity index is 1170. The molecular formula is C27H35N3O7. The number of unbranched alkanes of at least 4 members (excludes halogenated alkanes) is 2. The summed E-state index contributed by atoms with van der Waals surface area (Å²) in [6.07, 6.45) is 3.81. The molecule has 1 fully saturated rings. The molecule has 0 aliphatic carbocycles. The molecule has 1 aliphatic heterocycles. The van der Waals surface area contributed by atoms with E-state index in [1.165, 1.54) is 18.1 Å². The average molecular weight is 514 g/mol. The molecule has 1 aromatic carbocycles. The maximum Gasteiger partial charge on any atom is 0.348 e. The molecule has 0 spiro atoms. The molecule has 3 rings (SSSR count). The highest BCUT2D eigenvalue weighted by Crippen LogP contribution is 2.27. The van der Waals surface area contributed by atoms with E-state index >= 15 is 0 Å². The first-order valence-electron chi connectivity index (χ1n) is 12.5. The maximum atomic E-state index is 13.4. The molecule has 0 bridgehead atoms. The highest BCUT2D eigenvalue weighted by Gasteiger charge is 2.39. The SMILES string of the molecule is CCCCCc1ccc(C(=O)N2CC(=NOCC)C[C@H]2C(=O)NCc2ccc(OC)c(OC)c2)c(=O)o1. The lowest BCUT2D eigenvalue weighted by atomic mass is 10.1. The summed E-state index contributed by atoms with van der Waals surface area (Å²) in [6, 6.07) is 7.62. The average Bonchev–Trinajstić information content (AvgIpc) is 3.34. The molecule has 10 heteroatoms. The fourth-order valence-electron chi connectivity index (χ4n) is 4.12. The standard InChI is InChI=1S/C27H35N3O7/c1-5-7-8-9-20-11-12-21(27(33)37-20)26(32)30-17-19(29-36-6-2)15-22(30)25(31)28-16-18-10-13-23(34-3)24(14-18)35-4/h10-14,22H,5-9,15-17H2,1-4H3,(H,28,31)/t22-/m0/s1. The quantitative estimate of drug-likeness (QED) is 0.342. The second kappa shape index (κ2) is 13.5. The van der Waals surface area contributed by atoms with E-state index in [1.807, 2.05) is 6.07 Å². The molecule has 200 valence electrons. The molecule has 1 aliphatic rings. The summed E-state index contributed by atoms with van der Waals surface area (Å²) in [5.41, 5.74) is 0.514. The van der Waals surface area contributed by atoms with Crippen LogP contribution in [0.5, 0.6) is 11.5 Å². The number of ether oxygens (including phenoxy) is 2. The number of benzene rings is 1. The van der Waals surface area contributed by atoms with Gasteiger partial charge in [0.25, 0.3) is 5.91 Å². The number of methoxy groups -OCH3 is 2. The van der Waals surface area contributed by atoms with Crippen LogP contribution in [0.1, 0.15) is 61.2 Å². The van der Waals surface area contributed by atoms with Crippen LogP contribution in [0.25, 0.3) is 0 Å². The van der Waals surface area contributed by atoms with Gasteiger partial charge >= 0.3 is 5.63 Å². The molecule has 1 atom stereocenters. The van der Waals surface area contributed by atoms with Crippen molar-refractivity contribution in [3.05, 3.63) is 57.6 Å². The number of carbonyl (C=O) groups excluding carboxylic acids is 2. The zero-order valence-corrected chi connectivity index (χ0v) is 21.9. The summed E-state index contributed by atoms with van der Waals surface area (Å²) in [5.74, 6) is 0.714. The van der Waals surface area contributed by atoms with Gasteiger partial charge in [-0.15, -0.1) is 0 Å². The van der Waals surface area contributed by atoms with Gasteiger partial charge in [-0.25, -0.2) is 4.79 Å². The Morgan fingerprint density at radius 1 is 1.11 bits per heavy atom. The summed E-state index contributed by atoms with van der Waals surface area (Å²) >= 11 is 0. The van der Waals surface area contributed by atoms with Crippen LogP contribution in [-0.2, 0) is 22.6 Å². The predicted molar refractivity (Wildman–Crippen MR) is 138 cm³/mol. The monoisotopic (exact) mass is 513 g/mol. The molecule has 0 radical (unpaired) electrons. The Hall–Kier alpha value is -3.82. The smallest absolute Gasteiger partial charge is 0.348 e. The third kappa shape index (κ3) is 7.12. The fraction of sp³-hybridized carbons (Fsp3) is 0.481. The molecule has 2 aromatic rings. The Morgan fingerprint density at radius 2 is 1.89 bits per heavy atom. The number of oxime groups is 1. The summed E-state index contributed by atoms with van der Waals surface area (Å²) in [7, 11) is 3.09. The fourth-order valence-corrected chi connectivity index (χ4v) is 4.12. The Morgan fingerprint density at radius 3 is 2.57 bits per heavy atom. The lowest BCUT2D eigenvalue weighted by Crippen LogP contribution is -2.46. The van der Waals surface area contributed by atoms with E-state index in [1.54, 1.807) is 32.2 Å². The van der Waals surface area contributed by atoms with Gasteiger partial charge in [0, 0.05) is 19.4 Å². The highest BCUT2D eigenvalue weighted by atomic mass is 16.6. The minimum atomic E-state index is -0.851. The van der Waals surface area contributed by atoms with Crippen LogP contribution in [0.3, 0.4) is 0 Å². The summed E-state index contributed by atoms with van der Waals surface area (Å²) in [5, 5.41) is 6.92. The van der Waals surface area contributed by atoms with Crippen molar-refractivity contribution in [2.24, 2.45) is 5.16 Å². The van der Waals surface area contributed by atoms with Gasteiger partial charge in [-0.1, -0.05) is 31.0 Å². The number of amides is 2. The molecule has 2 heterocycles. The number of likely N-dealkylation sites (tertiary alicyclic amines) is 1. The highest BCUT2D eigenvalue weighted by molar-refractivity contribution is 6.05. The van der Waals surface area contributed by atoms with Gasteiger partial charge in [0.2, 0.25) is 5.91 Å². The van der Waals surface area contributed by atoms with Crippen LogP contribution in [-0.4, -0.2) is 55.8 Å². The third-order valence-electron chi connectivity index (χ3n) is 6.10. The molecule has 1 saturated heterocycles. The Balaban J connectivity index is 1.76. The molecule has 1 aromatic heterocycles. The lowest BCUT2D eigenvalue weighted by Gasteiger charge is -2.23. The van der Waals surface area contributed by atoms with E-state index in [2.05, 4.69) is 17.4 Å². The lowest BCUT2D eigenvalue weighted by molar-refractivity contribution is -0.125. The van der Waals surface area contributed by atoms with Gasteiger partial charge in [0.05, 0.1) is 26.5 Å². The summed E-state index contributed by atoms with van der Waals surface area (Å²) < 4.78 is 16.0. The van der Waals surface area contributed by atoms with Gasteiger partial charge in [-0.3, -0.25) is 9.59 Å². The van der Waals surface area contributed by atoms with Crippen LogP contribution in [0.4, 0.5) is 0 Å². The van der Waals surface area contributed by atoms with E-state index in [4.69, 9.17) is 18.7 Å². The van der Waals surface area contributed by atoms with Crippen molar-refractivity contribution >= 4 is 17.5 Å². The van der Waals surface area contributed by atoms with Gasteiger partial charge in [0.1, 0.15) is 24.0 Å². The number of hydrogen-bond acceptors (Lipinski definition) is 8. The predicted octanol–water partition coefficient (Wildman–Crippen LogP) is 3.31. The first kappa shape index (κ1) is 27.8. The van der Waals surface area contributed by atoms with Crippen molar-refractivity contribution < 1.29 is 28.3 Å².